The summed E-state index contributed by atoms with van der Waals surface area (Å²) in [5, 5.41) is 35.5. The van der Waals surface area contributed by atoms with Crippen LogP contribution in [-0.4, -0.2) is 51.6 Å². The van der Waals surface area contributed by atoms with Crippen LogP contribution in [0.25, 0.3) is 0 Å². The highest BCUT2D eigenvalue weighted by molar-refractivity contribution is 5.36. The van der Waals surface area contributed by atoms with E-state index in [0.717, 1.165) is 50.5 Å². The second-order valence-corrected chi connectivity index (χ2v) is 15.2. The van der Waals surface area contributed by atoms with Gasteiger partial charge < -0.3 is 24.8 Å². The first kappa shape index (κ1) is 23.6. The Kier molecular flexibility index (Phi) is 4.32. The molecule has 3 N–H and O–H groups in total. The van der Waals surface area contributed by atoms with Crippen molar-refractivity contribution in [3.63, 3.8) is 0 Å². The monoisotopic (exact) mass is 486 g/mol. The van der Waals surface area contributed by atoms with Gasteiger partial charge in [0.05, 0.1) is 18.3 Å². The average molecular weight is 487 g/mol. The largest absolute Gasteiger partial charge is 0.393 e. The molecule has 0 aromatic carbocycles. The van der Waals surface area contributed by atoms with E-state index in [1.54, 1.807) is 0 Å². The van der Waals surface area contributed by atoms with Crippen molar-refractivity contribution in [3.05, 3.63) is 12.2 Å². The van der Waals surface area contributed by atoms with Crippen LogP contribution in [-0.2, 0) is 9.47 Å². The van der Waals surface area contributed by atoms with Crippen LogP contribution in [0.2, 0.25) is 0 Å². The van der Waals surface area contributed by atoms with E-state index in [4.69, 9.17) is 9.47 Å². The molecular weight excluding hydrogens is 440 g/mol. The fourth-order valence-corrected chi connectivity index (χ4v) is 12.5. The summed E-state index contributed by atoms with van der Waals surface area (Å²) in [4.78, 5) is 0. The van der Waals surface area contributed by atoms with Gasteiger partial charge in [0.25, 0.3) is 0 Å². The molecule has 7 rings (SSSR count). The lowest BCUT2D eigenvalue weighted by molar-refractivity contribution is -0.277. The molecule has 0 unspecified atom stereocenters. The number of hydrogen-bond acceptors (Lipinski definition) is 5. The van der Waals surface area contributed by atoms with Gasteiger partial charge in [-0.05, 0) is 91.4 Å². The van der Waals surface area contributed by atoms with Gasteiger partial charge >= 0.3 is 0 Å². The number of ether oxygens (including phenoxy) is 2. The van der Waals surface area contributed by atoms with E-state index in [2.05, 4.69) is 41.2 Å². The third kappa shape index (κ3) is 2.19. The fraction of sp³-hybridized carbons (Fsp3) is 0.933. The molecule has 5 saturated carbocycles. The second kappa shape index (κ2) is 6.39. The minimum atomic E-state index is -1.07. The molecule has 2 bridgehead atoms. The molecule has 7 aliphatic rings. The van der Waals surface area contributed by atoms with Gasteiger partial charge in [-0.1, -0.05) is 41.2 Å². The summed E-state index contributed by atoms with van der Waals surface area (Å²) in [7, 11) is 0. The summed E-state index contributed by atoms with van der Waals surface area (Å²) in [6.07, 6.45) is 5.04. The van der Waals surface area contributed by atoms with Crippen LogP contribution in [0.5, 0.6) is 0 Å². The smallest absolute Gasteiger partial charge is 0.199 e. The molecule has 0 radical (unpaired) electrons. The summed E-state index contributed by atoms with van der Waals surface area (Å²) in [6, 6.07) is 0. The molecule has 2 aliphatic heterocycles. The molecule has 5 aliphatic carbocycles. The first-order valence-electron chi connectivity index (χ1n) is 14.3. The molecule has 196 valence electrons. The maximum absolute atomic E-state index is 12.4. The minimum absolute atomic E-state index is 0.0428. The summed E-state index contributed by atoms with van der Waals surface area (Å²) in [5.74, 6) is -0.0359. The Morgan fingerprint density at radius 2 is 1.57 bits per heavy atom. The molecule has 2 saturated heterocycles. The number of aliphatic hydroxyl groups is 3. The zero-order chi connectivity index (χ0) is 25.1. The first-order chi connectivity index (χ1) is 16.2. The van der Waals surface area contributed by atoms with Gasteiger partial charge in [0.2, 0.25) is 0 Å². The topological polar surface area (TPSA) is 79.2 Å². The van der Waals surface area contributed by atoms with Crippen molar-refractivity contribution in [2.45, 2.75) is 123 Å². The molecule has 2 heterocycles. The van der Waals surface area contributed by atoms with Gasteiger partial charge in [0, 0.05) is 16.7 Å². The van der Waals surface area contributed by atoms with Crippen LogP contribution in [0.3, 0.4) is 0 Å². The predicted octanol–water partition coefficient (Wildman–Crippen LogP) is 4.43. The van der Waals surface area contributed by atoms with E-state index in [0.29, 0.717) is 11.8 Å². The number of fused-ring (bicyclic) bond motifs is 4. The highest BCUT2D eigenvalue weighted by atomic mass is 16.8. The van der Waals surface area contributed by atoms with Crippen molar-refractivity contribution in [1.82, 2.24) is 0 Å². The van der Waals surface area contributed by atoms with E-state index >= 15 is 0 Å². The van der Waals surface area contributed by atoms with Crippen LogP contribution < -0.4 is 0 Å². The molecule has 0 aromatic rings. The fourth-order valence-electron chi connectivity index (χ4n) is 12.5. The molecule has 3 spiro atoms. The maximum atomic E-state index is 12.4. The van der Waals surface area contributed by atoms with Gasteiger partial charge in [0.1, 0.15) is 12.2 Å². The van der Waals surface area contributed by atoms with E-state index in [-0.39, 0.29) is 46.4 Å². The van der Waals surface area contributed by atoms with E-state index in [1.807, 2.05) is 6.92 Å². The van der Waals surface area contributed by atoms with Crippen molar-refractivity contribution in [1.29, 1.82) is 0 Å². The molecular formula is C30H46O5. The Bertz CT molecular complexity index is 993. The summed E-state index contributed by atoms with van der Waals surface area (Å²) in [5.41, 5.74) is 0.0867. The molecule has 0 amide bonds. The van der Waals surface area contributed by atoms with Crippen molar-refractivity contribution < 1.29 is 24.8 Å². The maximum Gasteiger partial charge on any atom is 0.199 e. The third-order valence-corrected chi connectivity index (χ3v) is 14.0. The highest BCUT2D eigenvalue weighted by Gasteiger charge is 2.89. The third-order valence-electron chi connectivity index (χ3n) is 14.0. The molecule has 5 heteroatoms. The minimum Gasteiger partial charge on any atom is -0.393 e. The zero-order valence-electron chi connectivity index (χ0n) is 22.5. The quantitative estimate of drug-likeness (QED) is 0.478. The first-order valence-corrected chi connectivity index (χ1v) is 14.3. The summed E-state index contributed by atoms with van der Waals surface area (Å²) >= 11 is 0. The summed E-state index contributed by atoms with van der Waals surface area (Å²) in [6.45, 7) is 17.5. The molecule has 5 nitrogen and oxygen atoms in total. The van der Waals surface area contributed by atoms with Crippen molar-refractivity contribution >= 4 is 0 Å². The standard InChI is InChI=1S/C30H46O5/c1-15(2)22-17-12-16(3)23-27(7)21(32)13-29-14-28(29)11-10-20(31)25(4,5)18(28)8-9-19(29)26(27,6)24(33)30(23,34-17)35-22/h16-24,31-33H,1,8-14H2,2-7H3/t16-,17+,18+,19+,20+,21-,22+,23-,24-,26-,27-,28-,29-,30+/m1/s1. The second-order valence-electron chi connectivity index (χ2n) is 15.2. The van der Waals surface area contributed by atoms with E-state index in [9.17, 15) is 15.3 Å². The van der Waals surface area contributed by atoms with Gasteiger partial charge in [-0.2, -0.15) is 0 Å². The lowest BCUT2D eigenvalue weighted by Gasteiger charge is -2.64. The Morgan fingerprint density at radius 1 is 0.886 bits per heavy atom. The van der Waals surface area contributed by atoms with E-state index in [1.165, 1.54) is 0 Å². The molecule has 14 atom stereocenters. The van der Waals surface area contributed by atoms with Crippen LogP contribution >= 0.6 is 0 Å². The van der Waals surface area contributed by atoms with E-state index < -0.39 is 28.8 Å². The van der Waals surface area contributed by atoms with Crippen LogP contribution in [0.4, 0.5) is 0 Å². The van der Waals surface area contributed by atoms with Crippen molar-refractivity contribution in [3.8, 4) is 0 Å². The van der Waals surface area contributed by atoms with Gasteiger partial charge in [-0.3, -0.25) is 0 Å². The zero-order valence-corrected chi connectivity index (χ0v) is 22.5. The predicted molar refractivity (Wildman–Crippen MR) is 132 cm³/mol. The molecule has 7 fully saturated rings. The van der Waals surface area contributed by atoms with Crippen LogP contribution in [0.1, 0.15) is 86.5 Å². The average Bonchev–Trinajstić information content (AvgIpc) is 3.28. The number of aliphatic hydroxyl groups excluding tert-OH is 3. The number of hydrogen-bond donors (Lipinski definition) is 3. The Hall–Kier alpha value is -0.460. The lowest BCUT2D eigenvalue weighted by atomic mass is 9.40. The normalized spacial score (nSPS) is 65.5. The van der Waals surface area contributed by atoms with Crippen LogP contribution in [0, 0.1) is 50.7 Å². The Labute approximate surface area is 210 Å². The lowest BCUT2D eigenvalue weighted by Crippen LogP contribution is -2.64. The van der Waals surface area contributed by atoms with Crippen molar-refractivity contribution in [2.75, 3.05) is 0 Å². The van der Waals surface area contributed by atoms with Gasteiger partial charge in [-0.25, -0.2) is 0 Å². The Balaban J connectivity index is 1.36. The van der Waals surface area contributed by atoms with Gasteiger partial charge in [-0.15, -0.1) is 0 Å². The highest BCUT2D eigenvalue weighted by Crippen LogP contribution is 2.90. The SMILES string of the molecule is C=C(C)[C@@H]1O[C@@]23O[C@H]1C[C@@H](C)[C@@H]2[C@@]1(C)[C@H](O)C[C@]24C[C@@]25CC[C@H](O)C(C)(C)[C@@H]5CC[C@H]4[C@]1(C)[C@H]3O. The number of rotatable bonds is 1. The van der Waals surface area contributed by atoms with Crippen LogP contribution in [0.15, 0.2) is 12.2 Å². The van der Waals surface area contributed by atoms with Crippen molar-refractivity contribution in [2.24, 2.45) is 50.7 Å². The molecule has 35 heavy (non-hydrogen) atoms. The summed E-state index contributed by atoms with van der Waals surface area (Å²) < 4.78 is 13.5. The van der Waals surface area contributed by atoms with Gasteiger partial charge in [0.15, 0.2) is 5.79 Å². The molecule has 0 aromatic heterocycles. The Morgan fingerprint density at radius 3 is 2.26 bits per heavy atom.